The highest BCUT2D eigenvalue weighted by Crippen LogP contribution is 2.27. The first-order valence-corrected chi connectivity index (χ1v) is 9.89. The molecule has 0 aliphatic carbocycles. The third-order valence-corrected chi connectivity index (χ3v) is 5.63. The number of piperidine rings is 1. The summed E-state index contributed by atoms with van der Waals surface area (Å²) in [5, 5.41) is 6.10. The number of amides is 2. The van der Waals surface area contributed by atoms with Gasteiger partial charge in [0.1, 0.15) is 5.75 Å². The Balaban J connectivity index is 1.21. The van der Waals surface area contributed by atoms with Gasteiger partial charge >= 0.3 is 6.03 Å². The number of likely N-dealkylation sites (tertiary alicyclic amines) is 1. The summed E-state index contributed by atoms with van der Waals surface area (Å²) in [5.41, 5.74) is 2.02. The van der Waals surface area contributed by atoms with E-state index < -0.39 is 0 Å². The number of fused-ring (bicyclic) bond motifs is 1. The Bertz CT molecular complexity index is 623. The van der Waals surface area contributed by atoms with Gasteiger partial charge in [0.15, 0.2) is 0 Å². The average molecular weight is 359 g/mol. The van der Waals surface area contributed by atoms with Gasteiger partial charge in [-0.3, -0.25) is 0 Å². The monoisotopic (exact) mass is 359 g/mol. The lowest BCUT2D eigenvalue weighted by molar-refractivity contribution is 0.148. The molecular formula is C20H29N3O3. The lowest BCUT2D eigenvalue weighted by atomic mass is 10.0. The molecule has 0 spiro atoms. The number of hydrogen-bond donors (Lipinski definition) is 2. The van der Waals surface area contributed by atoms with E-state index in [4.69, 9.17) is 9.47 Å². The summed E-state index contributed by atoms with van der Waals surface area (Å²) in [6.45, 7) is 5.85. The van der Waals surface area contributed by atoms with Gasteiger partial charge in [0, 0.05) is 38.0 Å². The molecule has 4 rings (SSSR count). The van der Waals surface area contributed by atoms with Crippen LogP contribution in [0.25, 0.3) is 0 Å². The van der Waals surface area contributed by atoms with E-state index in [1.165, 1.54) is 12.0 Å². The van der Waals surface area contributed by atoms with Gasteiger partial charge < -0.3 is 25.0 Å². The first-order chi connectivity index (χ1) is 12.8. The van der Waals surface area contributed by atoms with E-state index in [-0.39, 0.29) is 12.1 Å². The predicted octanol–water partition coefficient (Wildman–Crippen LogP) is 2.63. The van der Waals surface area contributed by atoms with Gasteiger partial charge in [-0.15, -0.1) is 0 Å². The fourth-order valence-electron chi connectivity index (χ4n) is 4.14. The van der Waals surface area contributed by atoms with Crippen LogP contribution in [0, 0.1) is 5.92 Å². The molecule has 0 bridgehead atoms. The third-order valence-electron chi connectivity index (χ3n) is 5.63. The van der Waals surface area contributed by atoms with Crippen LogP contribution in [0.2, 0.25) is 0 Å². The SMILES string of the molecule is O=C(Nc1ccc2c(c1)CCCO2)NC1CCN(CC2CCOC2)CC1. The summed E-state index contributed by atoms with van der Waals surface area (Å²) in [7, 11) is 0. The molecule has 2 amide bonds. The number of anilines is 1. The second-order valence-electron chi connectivity index (χ2n) is 7.68. The molecule has 6 heteroatoms. The zero-order chi connectivity index (χ0) is 17.8. The number of ether oxygens (including phenoxy) is 2. The fraction of sp³-hybridized carbons (Fsp3) is 0.650. The van der Waals surface area contributed by atoms with Gasteiger partial charge in [0.25, 0.3) is 0 Å². The number of nitrogens with one attached hydrogen (secondary N) is 2. The number of benzene rings is 1. The Labute approximate surface area is 155 Å². The number of carbonyl (C=O) groups is 1. The Kier molecular flexibility index (Phi) is 5.60. The molecule has 3 aliphatic rings. The maximum atomic E-state index is 12.3. The highest BCUT2D eigenvalue weighted by Gasteiger charge is 2.24. The highest BCUT2D eigenvalue weighted by molar-refractivity contribution is 5.89. The molecule has 0 aromatic heterocycles. The molecule has 2 N–H and O–H groups in total. The van der Waals surface area contributed by atoms with Crippen molar-refractivity contribution in [3.05, 3.63) is 23.8 Å². The second kappa shape index (κ2) is 8.27. The molecule has 142 valence electrons. The number of nitrogens with zero attached hydrogens (tertiary/aromatic N) is 1. The normalized spacial score (nSPS) is 23.9. The van der Waals surface area contributed by atoms with Crippen LogP contribution in [0.5, 0.6) is 5.75 Å². The van der Waals surface area contributed by atoms with Crippen molar-refractivity contribution in [2.24, 2.45) is 5.92 Å². The Hall–Kier alpha value is -1.79. The minimum Gasteiger partial charge on any atom is -0.493 e. The lowest BCUT2D eigenvalue weighted by Gasteiger charge is -2.33. The smallest absolute Gasteiger partial charge is 0.319 e. The first-order valence-electron chi connectivity index (χ1n) is 9.89. The average Bonchev–Trinajstić information content (AvgIpc) is 3.16. The summed E-state index contributed by atoms with van der Waals surface area (Å²) < 4.78 is 11.1. The molecule has 0 saturated carbocycles. The molecule has 0 radical (unpaired) electrons. The highest BCUT2D eigenvalue weighted by atomic mass is 16.5. The molecule has 2 fully saturated rings. The summed E-state index contributed by atoms with van der Waals surface area (Å²) in [6.07, 6.45) is 5.26. The van der Waals surface area contributed by atoms with Crippen LogP contribution >= 0.6 is 0 Å². The van der Waals surface area contributed by atoms with Gasteiger partial charge in [-0.1, -0.05) is 0 Å². The number of aryl methyl sites for hydroxylation is 1. The van der Waals surface area contributed by atoms with Crippen molar-refractivity contribution in [1.82, 2.24) is 10.2 Å². The zero-order valence-corrected chi connectivity index (χ0v) is 15.3. The van der Waals surface area contributed by atoms with Gasteiger partial charge in [-0.05, 0) is 61.8 Å². The van der Waals surface area contributed by atoms with E-state index >= 15 is 0 Å². The van der Waals surface area contributed by atoms with Gasteiger partial charge in [0.2, 0.25) is 0 Å². The Morgan fingerprint density at radius 3 is 2.88 bits per heavy atom. The second-order valence-corrected chi connectivity index (χ2v) is 7.68. The van der Waals surface area contributed by atoms with Crippen LogP contribution in [0.3, 0.4) is 0 Å². The van der Waals surface area contributed by atoms with Crippen LogP contribution in [-0.4, -0.2) is 56.4 Å². The number of rotatable bonds is 4. The van der Waals surface area contributed by atoms with Crippen LogP contribution in [0.15, 0.2) is 18.2 Å². The van der Waals surface area contributed by atoms with Crippen molar-refractivity contribution in [3.63, 3.8) is 0 Å². The Morgan fingerprint density at radius 1 is 1.19 bits per heavy atom. The number of hydrogen-bond acceptors (Lipinski definition) is 4. The molecule has 1 unspecified atom stereocenters. The molecular weight excluding hydrogens is 330 g/mol. The van der Waals surface area contributed by atoms with Crippen molar-refractivity contribution in [3.8, 4) is 5.75 Å². The van der Waals surface area contributed by atoms with E-state index in [1.807, 2.05) is 18.2 Å². The summed E-state index contributed by atoms with van der Waals surface area (Å²) in [4.78, 5) is 14.8. The van der Waals surface area contributed by atoms with Crippen LogP contribution in [0.4, 0.5) is 10.5 Å². The minimum atomic E-state index is -0.107. The number of urea groups is 1. The van der Waals surface area contributed by atoms with Gasteiger partial charge in [-0.25, -0.2) is 4.79 Å². The van der Waals surface area contributed by atoms with E-state index in [9.17, 15) is 4.79 Å². The molecule has 3 aliphatic heterocycles. The van der Waals surface area contributed by atoms with E-state index in [1.54, 1.807) is 0 Å². The van der Waals surface area contributed by atoms with Crippen molar-refractivity contribution >= 4 is 11.7 Å². The van der Waals surface area contributed by atoms with Crippen molar-refractivity contribution in [2.75, 3.05) is 44.8 Å². The molecule has 3 heterocycles. The van der Waals surface area contributed by atoms with Crippen molar-refractivity contribution < 1.29 is 14.3 Å². The topological polar surface area (TPSA) is 62.8 Å². The number of carbonyl (C=O) groups excluding carboxylic acids is 1. The van der Waals surface area contributed by atoms with Crippen LogP contribution in [0.1, 0.15) is 31.2 Å². The van der Waals surface area contributed by atoms with E-state index in [2.05, 4.69) is 15.5 Å². The minimum absolute atomic E-state index is 0.107. The predicted molar refractivity (Wildman–Crippen MR) is 101 cm³/mol. The summed E-state index contributed by atoms with van der Waals surface area (Å²) in [6, 6.07) is 6.04. The Morgan fingerprint density at radius 2 is 2.08 bits per heavy atom. The zero-order valence-electron chi connectivity index (χ0n) is 15.3. The standard InChI is InChI=1S/C20H29N3O3/c24-20(22-18-3-4-19-16(12-18)2-1-10-26-19)21-17-5-8-23(9-6-17)13-15-7-11-25-14-15/h3-4,12,15,17H,1-2,5-11,13-14H2,(H2,21,22,24). The maximum absolute atomic E-state index is 12.3. The van der Waals surface area contributed by atoms with Crippen molar-refractivity contribution in [1.29, 1.82) is 0 Å². The van der Waals surface area contributed by atoms with Crippen LogP contribution in [-0.2, 0) is 11.2 Å². The first kappa shape index (κ1) is 17.6. The quantitative estimate of drug-likeness (QED) is 0.868. The molecule has 6 nitrogen and oxygen atoms in total. The summed E-state index contributed by atoms with van der Waals surface area (Å²) >= 11 is 0. The molecule has 2 saturated heterocycles. The fourth-order valence-corrected chi connectivity index (χ4v) is 4.14. The molecule has 1 aromatic carbocycles. The van der Waals surface area contributed by atoms with Crippen LogP contribution < -0.4 is 15.4 Å². The third kappa shape index (κ3) is 4.48. The van der Waals surface area contributed by atoms with Crippen molar-refractivity contribution in [2.45, 2.75) is 38.1 Å². The summed E-state index contributed by atoms with van der Waals surface area (Å²) in [5.74, 6) is 1.64. The van der Waals surface area contributed by atoms with E-state index in [0.29, 0.717) is 5.92 Å². The largest absolute Gasteiger partial charge is 0.493 e. The van der Waals surface area contributed by atoms with E-state index in [0.717, 1.165) is 76.6 Å². The molecule has 1 atom stereocenters. The lowest BCUT2D eigenvalue weighted by Crippen LogP contribution is -2.47. The molecule has 26 heavy (non-hydrogen) atoms. The van der Waals surface area contributed by atoms with Gasteiger partial charge in [0.05, 0.1) is 13.2 Å². The van der Waals surface area contributed by atoms with Gasteiger partial charge in [-0.2, -0.15) is 0 Å². The maximum Gasteiger partial charge on any atom is 0.319 e. The molecule has 1 aromatic rings.